The summed E-state index contributed by atoms with van der Waals surface area (Å²) in [6.45, 7) is 1.34. The number of hydrogen-bond acceptors (Lipinski definition) is 3. The number of rotatable bonds is 7. The third kappa shape index (κ3) is 5.25. The molecule has 0 saturated carbocycles. The van der Waals surface area contributed by atoms with Gasteiger partial charge in [-0.25, -0.2) is 0 Å². The fourth-order valence-electron chi connectivity index (χ4n) is 1.59. The minimum absolute atomic E-state index is 0.248. The van der Waals surface area contributed by atoms with E-state index in [9.17, 15) is 0 Å². The van der Waals surface area contributed by atoms with Crippen molar-refractivity contribution in [2.45, 2.75) is 18.9 Å². The van der Waals surface area contributed by atoms with Gasteiger partial charge in [0.05, 0.1) is 12.3 Å². The number of nitrogens with one attached hydrogen (secondary N) is 1. The van der Waals surface area contributed by atoms with Gasteiger partial charge in [0, 0.05) is 22.6 Å². The maximum Gasteiger partial charge on any atom is 0.0664 e. The smallest absolute Gasteiger partial charge is 0.0664 e. The molecule has 0 amide bonds. The lowest BCUT2D eigenvalue weighted by molar-refractivity contribution is 0.182. The topological polar surface area (TPSA) is 47.3 Å². The van der Waals surface area contributed by atoms with Gasteiger partial charge in [0.25, 0.3) is 0 Å². The molecule has 5 heteroatoms. The Morgan fingerprint density at radius 1 is 1.53 bits per heavy atom. The Kier molecular flexibility index (Phi) is 6.89. The molecule has 0 saturated heterocycles. The van der Waals surface area contributed by atoms with Gasteiger partial charge in [0.2, 0.25) is 0 Å². The summed E-state index contributed by atoms with van der Waals surface area (Å²) in [5.74, 6) is 0. The fourth-order valence-corrected chi connectivity index (χ4v) is 2.12. The van der Waals surface area contributed by atoms with Crippen LogP contribution in [0.25, 0.3) is 0 Å². The highest BCUT2D eigenvalue weighted by molar-refractivity contribution is 9.10. The third-order valence-electron chi connectivity index (χ3n) is 2.41. The SMILES string of the molecule is COCC(CCCN)Nc1cc(Cl)ccc1Br. The van der Waals surface area contributed by atoms with E-state index in [1.807, 2.05) is 18.2 Å². The first kappa shape index (κ1) is 14.8. The maximum absolute atomic E-state index is 5.97. The average Bonchev–Trinajstić information content (AvgIpc) is 2.31. The number of halogens is 2. The van der Waals surface area contributed by atoms with E-state index in [0.29, 0.717) is 18.2 Å². The van der Waals surface area contributed by atoms with Crippen molar-refractivity contribution in [3.8, 4) is 0 Å². The Morgan fingerprint density at radius 3 is 2.94 bits per heavy atom. The van der Waals surface area contributed by atoms with E-state index in [1.54, 1.807) is 7.11 Å². The van der Waals surface area contributed by atoms with E-state index < -0.39 is 0 Å². The number of anilines is 1. The molecule has 0 radical (unpaired) electrons. The molecule has 0 spiro atoms. The molecule has 0 heterocycles. The van der Waals surface area contributed by atoms with Crippen LogP contribution in [-0.2, 0) is 4.74 Å². The van der Waals surface area contributed by atoms with Crippen LogP contribution in [0.1, 0.15) is 12.8 Å². The lowest BCUT2D eigenvalue weighted by Gasteiger charge is -2.20. The average molecular weight is 322 g/mol. The molecule has 3 nitrogen and oxygen atoms in total. The normalized spacial score (nSPS) is 12.5. The van der Waals surface area contributed by atoms with Crippen LogP contribution in [0.2, 0.25) is 5.02 Å². The number of nitrogens with two attached hydrogens (primary N) is 1. The molecule has 0 bridgehead atoms. The zero-order chi connectivity index (χ0) is 12.7. The van der Waals surface area contributed by atoms with Gasteiger partial charge < -0.3 is 15.8 Å². The molecule has 96 valence electrons. The van der Waals surface area contributed by atoms with Crippen molar-refractivity contribution in [2.24, 2.45) is 5.73 Å². The molecule has 1 aromatic rings. The van der Waals surface area contributed by atoms with Crippen molar-refractivity contribution in [1.29, 1.82) is 0 Å². The van der Waals surface area contributed by atoms with Gasteiger partial charge >= 0.3 is 0 Å². The third-order valence-corrected chi connectivity index (χ3v) is 3.34. The highest BCUT2D eigenvalue weighted by Crippen LogP contribution is 2.26. The Morgan fingerprint density at radius 2 is 2.29 bits per heavy atom. The predicted molar refractivity (Wildman–Crippen MR) is 76.7 cm³/mol. The zero-order valence-corrected chi connectivity index (χ0v) is 12.2. The second-order valence-electron chi connectivity index (χ2n) is 3.85. The summed E-state index contributed by atoms with van der Waals surface area (Å²) in [4.78, 5) is 0. The van der Waals surface area contributed by atoms with Crippen LogP contribution in [0.5, 0.6) is 0 Å². The van der Waals surface area contributed by atoms with E-state index in [1.165, 1.54) is 0 Å². The van der Waals surface area contributed by atoms with Gasteiger partial charge in [-0.3, -0.25) is 0 Å². The number of benzene rings is 1. The van der Waals surface area contributed by atoms with Crippen LogP contribution >= 0.6 is 27.5 Å². The van der Waals surface area contributed by atoms with E-state index in [2.05, 4.69) is 21.2 Å². The van der Waals surface area contributed by atoms with Gasteiger partial charge in [-0.1, -0.05) is 11.6 Å². The van der Waals surface area contributed by atoms with Crippen LogP contribution in [-0.4, -0.2) is 26.3 Å². The van der Waals surface area contributed by atoms with E-state index >= 15 is 0 Å². The van der Waals surface area contributed by atoms with E-state index in [-0.39, 0.29) is 6.04 Å². The second-order valence-corrected chi connectivity index (χ2v) is 5.14. The van der Waals surface area contributed by atoms with Crippen molar-refractivity contribution in [3.05, 3.63) is 27.7 Å². The maximum atomic E-state index is 5.97. The Labute approximate surface area is 116 Å². The number of hydrogen-bond donors (Lipinski definition) is 2. The van der Waals surface area contributed by atoms with Crippen LogP contribution in [0.4, 0.5) is 5.69 Å². The van der Waals surface area contributed by atoms with Gasteiger partial charge in [-0.05, 0) is 53.5 Å². The van der Waals surface area contributed by atoms with Crippen molar-refractivity contribution < 1.29 is 4.74 Å². The minimum Gasteiger partial charge on any atom is -0.383 e. The molecule has 1 atom stereocenters. The molecule has 17 heavy (non-hydrogen) atoms. The summed E-state index contributed by atoms with van der Waals surface area (Å²) in [5.41, 5.74) is 6.50. The summed E-state index contributed by atoms with van der Waals surface area (Å²) in [6.07, 6.45) is 1.95. The molecule has 3 N–H and O–H groups in total. The Bertz CT molecular complexity index is 349. The first-order chi connectivity index (χ1) is 8.17. The van der Waals surface area contributed by atoms with E-state index in [0.717, 1.165) is 23.0 Å². The molecular formula is C12H18BrClN2O. The summed E-state index contributed by atoms with van der Waals surface area (Å²) in [7, 11) is 1.70. The highest BCUT2D eigenvalue weighted by atomic mass is 79.9. The van der Waals surface area contributed by atoms with Gasteiger partial charge in [0.1, 0.15) is 0 Å². The Hall–Kier alpha value is -0.290. The number of ether oxygens (including phenoxy) is 1. The van der Waals surface area contributed by atoms with Gasteiger partial charge in [0.15, 0.2) is 0 Å². The molecular weight excluding hydrogens is 304 g/mol. The minimum atomic E-state index is 0.248. The molecule has 1 rings (SSSR count). The molecule has 0 fully saturated rings. The molecule has 0 aliphatic rings. The first-order valence-corrected chi connectivity index (χ1v) is 6.75. The standard InChI is InChI=1S/C12H18BrClN2O/c1-17-8-10(3-2-6-15)16-12-7-9(14)4-5-11(12)13/h4-5,7,10,16H,2-3,6,8,15H2,1H3. The largest absolute Gasteiger partial charge is 0.383 e. The number of methoxy groups -OCH3 is 1. The summed E-state index contributed by atoms with van der Waals surface area (Å²) in [5, 5.41) is 4.13. The van der Waals surface area contributed by atoms with Crippen LogP contribution in [0.15, 0.2) is 22.7 Å². The van der Waals surface area contributed by atoms with Crippen LogP contribution in [0.3, 0.4) is 0 Å². The van der Waals surface area contributed by atoms with Crippen molar-refractivity contribution >= 4 is 33.2 Å². The Balaban J connectivity index is 2.67. The van der Waals surface area contributed by atoms with Gasteiger partial charge in [-0.15, -0.1) is 0 Å². The second kappa shape index (κ2) is 7.93. The first-order valence-electron chi connectivity index (χ1n) is 5.58. The quantitative estimate of drug-likeness (QED) is 0.810. The van der Waals surface area contributed by atoms with E-state index in [4.69, 9.17) is 22.1 Å². The summed E-state index contributed by atoms with van der Waals surface area (Å²) < 4.78 is 6.19. The highest BCUT2D eigenvalue weighted by Gasteiger charge is 2.10. The molecule has 1 unspecified atom stereocenters. The van der Waals surface area contributed by atoms with Crippen molar-refractivity contribution in [3.63, 3.8) is 0 Å². The monoisotopic (exact) mass is 320 g/mol. The summed E-state index contributed by atoms with van der Waals surface area (Å²) in [6, 6.07) is 5.93. The van der Waals surface area contributed by atoms with Crippen molar-refractivity contribution in [1.82, 2.24) is 0 Å². The zero-order valence-electron chi connectivity index (χ0n) is 9.88. The predicted octanol–water partition coefficient (Wildman–Crippen LogP) is 3.27. The van der Waals surface area contributed by atoms with Crippen molar-refractivity contribution in [2.75, 3.05) is 25.6 Å². The van der Waals surface area contributed by atoms with Crippen LogP contribution < -0.4 is 11.1 Å². The molecule has 0 aromatic heterocycles. The van der Waals surface area contributed by atoms with Crippen LogP contribution in [0, 0.1) is 0 Å². The molecule has 0 aliphatic heterocycles. The molecule has 0 aliphatic carbocycles. The fraction of sp³-hybridized carbons (Fsp3) is 0.500. The van der Waals surface area contributed by atoms with Gasteiger partial charge in [-0.2, -0.15) is 0 Å². The summed E-state index contributed by atoms with van der Waals surface area (Å²) >= 11 is 9.46. The lowest BCUT2D eigenvalue weighted by atomic mass is 10.1. The lowest BCUT2D eigenvalue weighted by Crippen LogP contribution is -2.26. The molecule has 1 aromatic carbocycles.